The minimum atomic E-state index is -0.221. The number of guanidine groups is 1. The van der Waals surface area contributed by atoms with Crippen LogP contribution in [0.15, 0.2) is 33.8 Å². The molecular weight excluding hydrogens is 283 g/mol. The van der Waals surface area contributed by atoms with Gasteiger partial charge in [0.25, 0.3) is 0 Å². The summed E-state index contributed by atoms with van der Waals surface area (Å²) in [6.07, 6.45) is 0.793. The van der Waals surface area contributed by atoms with E-state index >= 15 is 0 Å². The Labute approximate surface area is 129 Å². The normalized spacial score (nSPS) is 11.5. The van der Waals surface area contributed by atoms with E-state index in [1.807, 2.05) is 19.9 Å². The van der Waals surface area contributed by atoms with Crippen LogP contribution in [0.25, 0.3) is 0 Å². The highest BCUT2D eigenvalue weighted by Gasteiger charge is 2.08. The number of hydrogen-bond donors (Lipinski definition) is 2. The van der Waals surface area contributed by atoms with E-state index in [1.54, 1.807) is 19.2 Å². The monoisotopic (exact) mass is 304 g/mol. The van der Waals surface area contributed by atoms with Gasteiger partial charge in [0.2, 0.25) is 0 Å². The first-order chi connectivity index (χ1) is 10.6. The summed E-state index contributed by atoms with van der Waals surface area (Å²) in [5.74, 6) is 1.25. The minimum Gasteiger partial charge on any atom is -0.361 e. The molecular formula is C16H21FN4O. The number of aromatic nitrogens is 1. The molecule has 6 heteroatoms. The molecule has 0 radical (unpaired) electrons. The van der Waals surface area contributed by atoms with Gasteiger partial charge >= 0.3 is 0 Å². The third-order valence-electron chi connectivity index (χ3n) is 3.48. The fraction of sp³-hybridized carbons (Fsp3) is 0.375. The Bertz CT molecular complexity index is 632. The van der Waals surface area contributed by atoms with Gasteiger partial charge in [-0.15, -0.1) is 0 Å². The standard InChI is InChI=1S/C16H21FN4O/c1-11-14(12(2)22-21-11)8-9-19-16(18-3)20-10-13-6-4-5-7-15(13)17/h4-7H,8-10H2,1-3H3,(H2,18,19,20). The van der Waals surface area contributed by atoms with Gasteiger partial charge < -0.3 is 15.2 Å². The molecule has 1 heterocycles. The summed E-state index contributed by atoms with van der Waals surface area (Å²) in [6, 6.07) is 6.69. The zero-order valence-electron chi connectivity index (χ0n) is 13.1. The van der Waals surface area contributed by atoms with E-state index in [2.05, 4.69) is 20.8 Å². The summed E-state index contributed by atoms with van der Waals surface area (Å²) in [5.41, 5.74) is 2.63. The van der Waals surface area contributed by atoms with Gasteiger partial charge in [-0.3, -0.25) is 4.99 Å². The van der Waals surface area contributed by atoms with Crippen LogP contribution < -0.4 is 10.6 Å². The summed E-state index contributed by atoms with van der Waals surface area (Å²) >= 11 is 0. The molecule has 0 atom stereocenters. The lowest BCUT2D eigenvalue weighted by atomic mass is 10.1. The van der Waals surface area contributed by atoms with Gasteiger partial charge in [-0.1, -0.05) is 23.4 Å². The highest BCUT2D eigenvalue weighted by Crippen LogP contribution is 2.12. The van der Waals surface area contributed by atoms with Gasteiger partial charge in [-0.05, 0) is 26.3 Å². The first kappa shape index (κ1) is 16.0. The molecule has 0 saturated carbocycles. The Kier molecular flexibility index (Phi) is 5.52. The van der Waals surface area contributed by atoms with Crippen molar-refractivity contribution in [3.05, 3.63) is 52.7 Å². The number of rotatable bonds is 5. The average Bonchev–Trinajstić information content (AvgIpc) is 2.83. The Hall–Kier alpha value is -2.37. The van der Waals surface area contributed by atoms with Crippen molar-refractivity contribution < 1.29 is 8.91 Å². The number of benzene rings is 1. The third kappa shape index (κ3) is 4.07. The van der Waals surface area contributed by atoms with Crippen LogP contribution >= 0.6 is 0 Å². The summed E-state index contributed by atoms with van der Waals surface area (Å²) in [6.45, 7) is 4.91. The summed E-state index contributed by atoms with van der Waals surface area (Å²) in [5, 5.41) is 10.2. The molecule has 1 aromatic carbocycles. The molecule has 0 saturated heterocycles. The van der Waals surface area contributed by atoms with Crippen LogP contribution in [0.3, 0.4) is 0 Å². The molecule has 2 aromatic rings. The zero-order chi connectivity index (χ0) is 15.9. The average molecular weight is 304 g/mol. The van der Waals surface area contributed by atoms with Gasteiger partial charge in [0, 0.05) is 31.3 Å². The number of hydrogen-bond acceptors (Lipinski definition) is 3. The van der Waals surface area contributed by atoms with Gasteiger partial charge in [0.05, 0.1) is 5.69 Å². The van der Waals surface area contributed by atoms with Crippen LogP contribution in [-0.2, 0) is 13.0 Å². The number of aliphatic imine (C=N–C) groups is 1. The largest absolute Gasteiger partial charge is 0.361 e. The Morgan fingerprint density at radius 3 is 2.68 bits per heavy atom. The molecule has 0 fully saturated rings. The molecule has 22 heavy (non-hydrogen) atoms. The molecule has 2 N–H and O–H groups in total. The first-order valence-electron chi connectivity index (χ1n) is 7.21. The van der Waals surface area contributed by atoms with E-state index in [-0.39, 0.29) is 5.82 Å². The second kappa shape index (κ2) is 7.59. The maximum absolute atomic E-state index is 13.6. The Balaban J connectivity index is 1.82. The number of aryl methyl sites for hydroxylation is 2. The Morgan fingerprint density at radius 2 is 2.05 bits per heavy atom. The van der Waals surface area contributed by atoms with Gasteiger partial charge in [0.15, 0.2) is 5.96 Å². The molecule has 0 amide bonds. The van der Waals surface area contributed by atoms with Crippen LogP contribution in [-0.4, -0.2) is 24.7 Å². The number of nitrogens with zero attached hydrogens (tertiary/aromatic N) is 2. The second-order valence-corrected chi connectivity index (χ2v) is 5.00. The highest BCUT2D eigenvalue weighted by atomic mass is 19.1. The van der Waals surface area contributed by atoms with Crippen molar-refractivity contribution >= 4 is 5.96 Å². The van der Waals surface area contributed by atoms with Crippen molar-refractivity contribution in [1.82, 2.24) is 15.8 Å². The molecule has 0 aliphatic heterocycles. The number of nitrogens with one attached hydrogen (secondary N) is 2. The lowest BCUT2D eigenvalue weighted by Crippen LogP contribution is -2.38. The van der Waals surface area contributed by atoms with Gasteiger partial charge in [-0.2, -0.15) is 0 Å². The molecule has 0 unspecified atom stereocenters. The van der Waals surface area contributed by atoms with Crippen molar-refractivity contribution in [2.75, 3.05) is 13.6 Å². The fourth-order valence-electron chi connectivity index (χ4n) is 2.21. The molecule has 0 aliphatic carbocycles. The smallest absolute Gasteiger partial charge is 0.191 e. The van der Waals surface area contributed by atoms with Gasteiger partial charge in [0.1, 0.15) is 11.6 Å². The lowest BCUT2D eigenvalue weighted by molar-refractivity contribution is 0.392. The molecule has 0 bridgehead atoms. The van der Waals surface area contributed by atoms with E-state index < -0.39 is 0 Å². The molecule has 5 nitrogen and oxygen atoms in total. The summed E-state index contributed by atoms with van der Waals surface area (Å²) in [4.78, 5) is 4.13. The maximum Gasteiger partial charge on any atom is 0.191 e. The second-order valence-electron chi connectivity index (χ2n) is 5.00. The van der Waals surface area contributed by atoms with Gasteiger partial charge in [-0.25, -0.2) is 4.39 Å². The first-order valence-corrected chi connectivity index (χ1v) is 7.21. The topological polar surface area (TPSA) is 62.5 Å². The quantitative estimate of drug-likeness (QED) is 0.657. The molecule has 0 aliphatic rings. The van der Waals surface area contributed by atoms with Crippen LogP contribution in [0.2, 0.25) is 0 Å². The maximum atomic E-state index is 13.6. The fourth-order valence-corrected chi connectivity index (χ4v) is 2.21. The predicted octanol–water partition coefficient (Wildman–Crippen LogP) is 2.34. The van der Waals surface area contributed by atoms with Crippen molar-refractivity contribution in [2.24, 2.45) is 4.99 Å². The van der Waals surface area contributed by atoms with Crippen LogP contribution in [0.4, 0.5) is 4.39 Å². The van der Waals surface area contributed by atoms with Crippen molar-refractivity contribution in [2.45, 2.75) is 26.8 Å². The van der Waals surface area contributed by atoms with Crippen molar-refractivity contribution in [3.8, 4) is 0 Å². The number of halogens is 1. The van der Waals surface area contributed by atoms with E-state index in [0.717, 1.165) is 23.4 Å². The molecule has 118 valence electrons. The third-order valence-corrected chi connectivity index (χ3v) is 3.48. The highest BCUT2D eigenvalue weighted by molar-refractivity contribution is 5.79. The van der Waals surface area contributed by atoms with E-state index in [9.17, 15) is 4.39 Å². The van der Waals surface area contributed by atoms with E-state index in [4.69, 9.17) is 4.52 Å². The van der Waals surface area contributed by atoms with Crippen LogP contribution in [0, 0.1) is 19.7 Å². The molecule has 0 spiro atoms. The molecule has 2 rings (SSSR count). The van der Waals surface area contributed by atoms with Crippen LogP contribution in [0.1, 0.15) is 22.6 Å². The minimum absolute atomic E-state index is 0.221. The van der Waals surface area contributed by atoms with Crippen LogP contribution in [0.5, 0.6) is 0 Å². The zero-order valence-corrected chi connectivity index (χ0v) is 13.1. The van der Waals surface area contributed by atoms with E-state index in [1.165, 1.54) is 6.07 Å². The van der Waals surface area contributed by atoms with E-state index in [0.29, 0.717) is 24.6 Å². The summed E-state index contributed by atoms with van der Waals surface area (Å²) in [7, 11) is 1.69. The Morgan fingerprint density at radius 1 is 1.27 bits per heavy atom. The van der Waals surface area contributed by atoms with Crippen molar-refractivity contribution in [1.29, 1.82) is 0 Å². The van der Waals surface area contributed by atoms with Crippen molar-refractivity contribution in [3.63, 3.8) is 0 Å². The summed E-state index contributed by atoms with van der Waals surface area (Å²) < 4.78 is 18.7. The lowest BCUT2D eigenvalue weighted by Gasteiger charge is -2.12. The SMILES string of the molecule is CN=C(NCCc1c(C)noc1C)NCc1ccccc1F. The molecule has 1 aromatic heterocycles. The predicted molar refractivity (Wildman–Crippen MR) is 84.3 cm³/mol.